The Morgan fingerprint density at radius 2 is 1.96 bits per heavy atom. The average molecular weight is 349 g/mol. The molecule has 2 fully saturated rings. The Bertz CT molecular complexity index is 589. The molecule has 25 heavy (non-hydrogen) atoms. The van der Waals surface area contributed by atoms with E-state index < -0.39 is 5.97 Å². The summed E-state index contributed by atoms with van der Waals surface area (Å²) in [6.07, 6.45) is 8.09. The van der Waals surface area contributed by atoms with Crippen molar-refractivity contribution in [1.29, 1.82) is 0 Å². The predicted molar refractivity (Wildman–Crippen MR) is 93.4 cm³/mol. The first-order chi connectivity index (χ1) is 12.1. The van der Waals surface area contributed by atoms with E-state index in [1.165, 1.54) is 0 Å². The lowest BCUT2D eigenvalue weighted by Crippen LogP contribution is -2.38. The molecular weight excluding hydrogens is 322 g/mol. The number of nitrogens with zero attached hydrogens (tertiary/aromatic N) is 3. The van der Waals surface area contributed by atoms with Gasteiger partial charge in [0.15, 0.2) is 5.82 Å². The van der Waals surface area contributed by atoms with Crippen molar-refractivity contribution < 1.29 is 14.7 Å². The molecule has 0 bridgehead atoms. The molecule has 3 heterocycles. The quantitative estimate of drug-likeness (QED) is 0.707. The van der Waals surface area contributed by atoms with Crippen molar-refractivity contribution in [3.8, 4) is 0 Å². The second-order valence-electron chi connectivity index (χ2n) is 7.05. The van der Waals surface area contributed by atoms with Crippen LogP contribution in [0, 0.1) is 5.92 Å². The summed E-state index contributed by atoms with van der Waals surface area (Å²) in [6, 6.07) is 0.456. The molecule has 0 radical (unpaired) electrons. The van der Waals surface area contributed by atoms with Crippen molar-refractivity contribution in [3.05, 3.63) is 12.5 Å². The molecule has 0 saturated carbocycles. The fraction of sp³-hybridized carbons (Fsp3) is 0.706. The monoisotopic (exact) mass is 349 g/mol. The number of aliphatic carboxylic acids is 1. The maximum Gasteiger partial charge on any atom is 0.317 e. The summed E-state index contributed by atoms with van der Waals surface area (Å²) in [5.41, 5.74) is 0. The number of carboxylic acids is 1. The molecule has 138 valence electrons. The van der Waals surface area contributed by atoms with Crippen molar-refractivity contribution in [2.24, 2.45) is 5.92 Å². The van der Waals surface area contributed by atoms with E-state index in [-0.39, 0.29) is 12.5 Å². The molecule has 1 aromatic rings. The molecule has 8 heteroatoms. The zero-order chi connectivity index (χ0) is 17.6. The Balaban J connectivity index is 1.42. The van der Waals surface area contributed by atoms with Gasteiger partial charge in [0, 0.05) is 18.7 Å². The third-order valence-corrected chi connectivity index (χ3v) is 5.14. The van der Waals surface area contributed by atoms with Crippen molar-refractivity contribution in [3.63, 3.8) is 0 Å². The van der Waals surface area contributed by atoms with Gasteiger partial charge in [-0.25, -0.2) is 4.98 Å². The minimum absolute atomic E-state index is 0.00718. The Morgan fingerprint density at radius 3 is 2.64 bits per heavy atom. The van der Waals surface area contributed by atoms with Gasteiger partial charge in [-0.15, -0.1) is 0 Å². The van der Waals surface area contributed by atoms with Crippen LogP contribution < -0.4 is 10.6 Å². The van der Waals surface area contributed by atoms with Crippen molar-refractivity contribution in [2.75, 3.05) is 38.0 Å². The fourth-order valence-electron chi connectivity index (χ4n) is 3.70. The van der Waals surface area contributed by atoms with Crippen LogP contribution in [0.5, 0.6) is 0 Å². The SMILES string of the molecule is O=C(O)CN1CCC(CC(=O)Nc2cn(C3CCNCC3)cn2)CC1. The molecule has 8 nitrogen and oxygen atoms in total. The lowest BCUT2D eigenvalue weighted by Gasteiger charge is -2.30. The largest absolute Gasteiger partial charge is 0.480 e. The molecule has 1 amide bonds. The lowest BCUT2D eigenvalue weighted by molar-refractivity contribution is -0.138. The maximum atomic E-state index is 12.2. The molecular formula is C17H27N5O3. The van der Waals surface area contributed by atoms with Crippen LogP contribution in [0.15, 0.2) is 12.5 Å². The minimum atomic E-state index is -0.791. The normalized spacial score (nSPS) is 20.5. The van der Waals surface area contributed by atoms with Crippen LogP contribution in [0.2, 0.25) is 0 Å². The van der Waals surface area contributed by atoms with E-state index in [9.17, 15) is 9.59 Å². The molecule has 0 aromatic carbocycles. The molecule has 0 unspecified atom stereocenters. The zero-order valence-electron chi connectivity index (χ0n) is 14.5. The minimum Gasteiger partial charge on any atom is -0.480 e. The lowest BCUT2D eigenvalue weighted by atomic mass is 9.93. The van der Waals surface area contributed by atoms with Crippen LogP contribution in [0.4, 0.5) is 5.82 Å². The van der Waals surface area contributed by atoms with Crippen LogP contribution in [-0.2, 0) is 9.59 Å². The molecule has 3 rings (SSSR count). The molecule has 0 spiro atoms. The summed E-state index contributed by atoms with van der Waals surface area (Å²) in [5.74, 6) is 0.135. The smallest absolute Gasteiger partial charge is 0.317 e. The first kappa shape index (κ1) is 17.9. The van der Waals surface area contributed by atoms with Crippen molar-refractivity contribution in [2.45, 2.75) is 38.1 Å². The molecule has 2 aliphatic rings. The van der Waals surface area contributed by atoms with Gasteiger partial charge >= 0.3 is 5.97 Å². The van der Waals surface area contributed by atoms with E-state index in [2.05, 4.69) is 20.2 Å². The Kier molecular flexibility index (Phi) is 6.04. The van der Waals surface area contributed by atoms with Crippen LogP contribution >= 0.6 is 0 Å². The number of piperidine rings is 2. The summed E-state index contributed by atoms with van der Waals surface area (Å²) >= 11 is 0. The van der Waals surface area contributed by atoms with Crippen LogP contribution in [0.3, 0.4) is 0 Å². The third kappa shape index (κ3) is 5.27. The average Bonchev–Trinajstić information content (AvgIpc) is 3.05. The first-order valence-corrected chi connectivity index (χ1v) is 9.08. The number of carboxylic acid groups (broad SMARTS) is 1. The molecule has 1 aromatic heterocycles. The van der Waals surface area contributed by atoms with Gasteiger partial charge < -0.3 is 20.3 Å². The Morgan fingerprint density at radius 1 is 1.24 bits per heavy atom. The van der Waals surface area contributed by atoms with Gasteiger partial charge in [0.2, 0.25) is 5.91 Å². The fourth-order valence-corrected chi connectivity index (χ4v) is 3.70. The highest BCUT2D eigenvalue weighted by Crippen LogP contribution is 2.22. The van der Waals surface area contributed by atoms with E-state index in [0.717, 1.165) is 51.9 Å². The standard InChI is InChI=1S/C17H27N5O3/c23-16(9-13-3-7-21(8-4-13)11-17(24)25)20-15-10-22(12-19-15)14-1-5-18-6-2-14/h10,12-14,18H,1-9,11H2,(H,20,23)(H,24,25). The highest BCUT2D eigenvalue weighted by Gasteiger charge is 2.23. The number of likely N-dealkylation sites (tertiary alicyclic amines) is 1. The van der Waals surface area contributed by atoms with Crippen molar-refractivity contribution in [1.82, 2.24) is 19.8 Å². The van der Waals surface area contributed by atoms with E-state index in [0.29, 0.717) is 24.2 Å². The summed E-state index contributed by atoms with van der Waals surface area (Å²) in [5, 5.41) is 15.1. The highest BCUT2D eigenvalue weighted by molar-refractivity contribution is 5.89. The second-order valence-corrected chi connectivity index (χ2v) is 7.05. The maximum absolute atomic E-state index is 12.2. The molecule has 0 aliphatic carbocycles. The third-order valence-electron chi connectivity index (χ3n) is 5.14. The number of amides is 1. The van der Waals surface area contributed by atoms with Gasteiger partial charge in [0.25, 0.3) is 0 Å². The van der Waals surface area contributed by atoms with E-state index in [4.69, 9.17) is 5.11 Å². The zero-order valence-corrected chi connectivity index (χ0v) is 14.5. The van der Waals surface area contributed by atoms with Gasteiger partial charge in [-0.05, 0) is 57.8 Å². The van der Waals surface area contributed by atoms with E-state index in [1.54, 1.807) is 6.33 Å². The number of anilines is 1. The number of nitrogens with one attached hydrogen (secondary N) is 2. The Labute approximate surface area is 147 Å². The van der Waals surface area contributed by atoms with Gasteiger partial charge in [-0.2, -0.15) is 0 Å². The number of hydrogen-bond acceptors (Lipinski definition) is 5. The van der Waals surface area contributed by atoms with Crippen molar-refractivity contribution >= 4 is 17.7 Å². The summed E-state index contributed by atoms with van der Waals surface area (Å²) < 4.78 is 2.10. The first-order valence-electron chi connectivity index (χ1n) is 9.08. The number of rotatable bonds is 6. The van der Waals surface area contributed by atoms with Gasteiger partial charge in [0.05, 0.1) is 12.9 Å². The van der Waals surface area contributed by atoms with E-state index in [1.807, 2.05) is 11.1 Å². The second kappa shape index (κ2) is 8.44. The summed E-state index contributed by atoms with van der Waals surface area (Å²) in [4.78, 5) is 29.2. The van der Waals surface area contributed by atoms with Gasteiger partial charge in [-0.3, -0.25) is 14.5 Å². The summed E-state index contributed by atoms with van der Waals surface area (Å²) in [6.45, 7) is 3.62. The Hall–Kier alpha value is -1.93. The van der Waals surface area contributed by atoms with Crippen LogP contribution in [0.1, 0.15) is 38.1 Å². The van der Waals surface area contributed by atoms with Gasteiger partial charge in [0.1, 0.15) is 0 Å². The molecule has 3 N–H and O–H groups in total. The molecule has 0 atom stereocenters. The number of imidazole rings is 1. The summed E-state index contributed by atoms with van der Waals surface area (Å²) in [7, 11) is 0. The van der Waals surface area contributed by atoms with Crippen LogP contribution in [-0.4, -0.2) is 64.2 Å². The molecule has 2 saturated heterocycles. The number of hydrogen-bond donors (Lipinski definition) is 3. The number of carbonyl (C=O) groups is 2. The van der Waals surface area contributed by atoms with Gasteiger partial charge in [-0.1, -0.05) is 0 Å². The molecule has 2 aliphatic heterocycles. The number of aromatic nitrogens is 2. The predicted octanol–water partition coefficient (Wildman–Crippen LogP) is 0.933. The van der Waals surface area contributed by atoms with Crippen LogP contribution in [0.25, 0.3) is 0 Å². The highest BCUT2D eigenvalue weighted by atomic mass is 16.4. The number of carbonyl (C=O) groups excluding carboxylic acids is 1. The topological polar surface area (TPSA) is 99.5 Å². The van der Waals surface area contributed by atoms with E-state index >= 15 is 0 Å².